The lowest BCUT2D eigenvalue weighted by Gasteiger charge is -2.14. The highest BCUT2D eigenvalue weighted by molar-refractivity contribution is 8.13. The molecule has 2 amide bonds. The zero-order chi connectivity index (χ0) is 16.1. The zero-order valence-electron chi connectivity index (χ0n) is 12.8. The number of carbonyl (C=O) groups is 2. The number of aryl methyl sites for hydroxylation is 1. The lowest BCUT2D eigenvalue weighted by molar-refractivity contribution is 0.102. The third kappa shape index (κ3) is 4.11. The second-order valence-corrected chi connectivity index (χ2v) is 6.08. The van der Waals surface area contributed by atoms with Crippen LogP contribution in [0, 0.1) is 6.92 Å². The Balaban J connectivity index is 2.23. The average molecular weight is 314 g/mol. The van der Waals surface area contributed by atoms with Gasteiger partial charge in [0.15, 0.2) is 0 Å². The Morgan fingerprint density at radius 1 is 1.05 bits per heavy atom. The summed E-state index contributed by atoms with van der Waals surface area (Å²) in [6.45, 7) is 1.95. The van der Waals surface area contributed by atoms with Crippen molar-refractivity contribution < 1.29 is 9.59 Å². The monoisotopic (exact) mass is 314 g/mol. The van der Waals surface area contributed by atoms with Crippen molar-refractivity contribution in [2.75, 3.05) is 19.4 Å². The lowest BCUT2D eigenvalue weighted by atomic mass is 10.2. The van der Waals surface area contributed by atoms with Gasteiger partial charge in [-0.3, -0.25) is 9.59 Å². The van der Waals surface area contributed by atoms with Crippen molar-refractivity contribution in [1.29, 1.82) is 0 Å². The van der Waals surface area contributed by atoms with Crippen molar-refractivity contribution in [2.24, 2.45) is 0 Å². The Morgan fingerprint density at radius 3 is 2.36 bits per heavy atom. The first-order chi connectivity index (χ1) is 10.5. The highest BCUT2D eigenvalue weighted by Crippen LogP contribution is 2.30. The molecule has 5 heteroatoms. The Kier molecular flexibility index (Phi) is 5.22. The van der Waals surface area contributed by atoms with E-state index in [4.69, 9.17) is 0 Å². The second kappa shape index (κ2) is 7.13. The predicted molar refractivity (Wildman–Crippen MR) is 90.5 cm³/mol. The highest BCUT2D eigenvalue weighted by Gasteiger charge is 2.13. The molecule has 114 valence electrons. The minimum atomic E-state index is -0.191. The molecule has 22 heavy (non-hydrogen) atoms. The van der Waals surface area contributed by atoms with Crippen LogP contribution in [0.3, 0.4) is 0 Å². The second-order valence-electron chi connectivity index (χ2n) is 5.08. The van der Waals surface area contributed by atoms with E-state index in [0.29, 0.717) is 11.3 Å². The molecule has 0 aromatic heterocycles. The number of anilines is 1. The van der Waals surface area contributed by atoms with E-state index in [1.54, 1.807) is 26.2 Å². The van der Waals surface area contributed by atoms with Crippen LogP contribution in [0.4, 0.5) is 10.5 Å². The molecule has 1 N–H and O–H groups in total. The summed E-state index contributed by atoms with van der Waals surface area (Å²) in [5, 5.41) is 2.79. The van der Waals surface area contributed by atoms with Gasteiger partial charge in [0.25, 0.3) is 11.1 Å². The van der Waals surface area contributed by atoms with Crippen LogP contribution in [0.1, 0.15) is 15.9 Å². The fourth-order valence-electron chi connectivity index (χ4n) is 1.79. The van der Waals surface area contributed by atoms with Gasteiger partial charge < -0.3 is 10.2 Å². The predicted octanol–water partition coefficient (Wildman–Crippen LogP) is 4.02. The first-order valence-corrected chi connectivity index (χ1v) is 7.65. The van der Waals surface area contributed by atoms with Crippen LogP contribution in [0.15, 0.2) is 53.4 Å². The van der Waals surface area contributed by atoms with Crippen LogP contribution in [0.2, 0.25) is 0 Å². The minimum Gasteiger partial charge on any atom is -0.339 e. The summed E-state index contributed by atoms with van der Waals surface area (Å²) in [5.74, 6) is -0.191. The van der Waals surface area contributed by atoms with Crippen LogP contribution in [0.5, 0.6) is 0 Å². The molecule has 0 unspecified atom stereocenters. The first-order valence-electron chi connectivity index (χ1n) is 6.83. The summed E-state index contributed by atoms with van der Waals surface area (Å²) < 4.78 is 0. The SMILES string of the molecule is Cc1ccc(NC(=O)c2ccccc2)c(SC(=O)N(C)C)c1. The lowest BCUT2D eigenvalue weighted by Crippen LogP contribution is -2.17. The molecule has 0 radical (unpaired) electrons. The van der Waals surface area contributed by atoms with E-state index in [0.717, 1.165) is 22.2 Å². The maximum absolute atomic E-state index is 12.3. The van der Waals surface area contributed by atoms with E-state index in [2.05, 4.69) is 5.32 Å². The van der Waals surface area contributed by atoms with Crippen LogP contribution < -0.4 is 5.32 Å². The Bertz CT molecular complexity index is 684. The summed E-state index contributed by atoms with van der Waals surface area (Å²) in [6, 6.07) is 14.6. The molecule has 0 aliphatic carbocycles. The highest BCUT2D eigenvalue weighted by atomic mass is 32.2. The standard InChI is InChI=1S/C17H18N2O2S/c1-12-9-10-14(15(11-12)22-17(21)19(2)3)18-16(20)13-7-5-4-6-8-13/h4-11H,1-3H3,(H,18,20). The van der Waals surface area contributed by atoms with Gasteiger partial charge in [-0.25, -0.2) is 0 Å². The number of benzene rings is 2. The summed E-state index contributed by atoms with van der Waals surface area (Å²) in [7, 11) is 3.40. The quantitative estimate of drug-likeness (QED) is 0.871. The van der Waals surface area contributed by atoms with E-state index in [1.807, 2.05) is 43.3 Å². The summed E-state index contributed by atoms with van der Waals surface area (Å²) in [6.07, 6.45) is 0. The average Bonchev–Trinajstić information content (AvgIpc) is 2.50. The molecular weight excluding hydrogens is 296 g/mol. The number of amides is 2. The number of hydrogen-bond donors (Lipinski definition) is 1. The van der Waals surface area contributed by atoms with Crippen molar-refractivity contribution in [3.05, 3.63) is 59.7 Å². The van der Waals surface area contributed by atoms with Crippen molar-refractivity contribution >= 4 is 28.6 Å². The molecule has 0 heterocycles. The Hall–Kier alpha value is -2.27. The number of nitrogens with zero attached hydrogens (tertiary/aromatic N) is 1. The molecule has 2 aromatic rings. The van der Waals surface area contributed by atoms with Crippen LogP contribution >= 0.6 is 11.8 Å². The van der Waals surface area contributed by atoms with Gasteiger partial charge in [-0.15, -0.1) is 0 Å². The molecule has 0 saturated carbocycles. The van der Waals surface area contributed by atoms with Gasteiger partial charge in [0.05, 0.1) is 5.69 Å². The molecule has 2 aromatic carbocycles. The van der Waals surface area contributed by atoms with Crippen LogP contribution in [-0.4, -0.2) is 30.1 Å². The number of carbonyl (C=O) groups excluding carboxylic acids is 2. The molecule has 0 aliphatic heterocycles. The molecule has 0 atom stereocenters. The molecule has 0 bridgehead atoms. The fourth-order valence-corrected chi connectivity index (χ4v) is 2.63. The van der Waals surface area contributed by atoms with Gasteiger partial charge >= 0.3 is 0 Å². The van der Waals surface area contributed by atoms with Crippen molar-refractivity contribution in [3.8, 4) is 0 Å². The summed E-state index contributed by atoms with van der Waals surface area (Å²) in [4.78, 5) is 26.4. The van der Waals surface area contributed by atoms with Gasteiger partial charge in [0, 0.05) is 24.6 Å². The van der Waals surface area contributed by atoms with Gasteiger partial charge in [0.2, 0.25) is 0 Å². The third-order valence-electron chi connectivity index (χ3n) is 2.98. The number of thioether (sulfide) groups is 1. The molecule has 0 aliphatic rings. The van der Waals surface area contributed by atoms with Gasteiger partial charge in [0.1, 0.15) is 0 Å². The van der Waals surface area contributed by atoms with E-state index >= 15 is 0 Å². The Labute approximate surface area is 134 Å². The summed E-state index contributed by atoms with van der Waals surface area (Å²) in [5.41, 5.74) is 2.25. The smallest absolute Gasteiger partial charge is 0.286 e. The van der Waals surface area contributed by atoms with E-state index in [9.17, 15) is 9.59 Å². The molecule has 0 fully saturated rings. The maximum atomic E-state index is 12.3. The van der Waals surface area contributed by atoms with Crippen LogP contribution in [0.25, 0.3) is 0 Å². The summed E-state index contributed by atoms with van der Waals surface area (Å²) >= 11 is 1.10. The van der Waals surface area contributed by atoms with E-state index in [-0.39, 0.29) is 11.1 Å². The van der Waals surface area contributed by atoms with E-state index in [1.165, 1.54) is 4.90 Å². The van der Waals surface area contributed by atoms with E-state index < -0.39 is 0 Å². The molecule has 4 nitrogen and oxygen atoms in total. The fraction of sp³-hybridized carbons (Fsp3) is 0.176. The first kappa shape index (κ1) is 16.1. The zero-order valence-corrected chi connectivity index (χ0v) is 13.6. The van der Waals surface area contributed by atoms with Gasteiger partial charge in [-0.05, 0) is 48.5 Å². The Morgan fingerprint density at radius 2 is 1.73 bits per heavy atom. The molecule has 0 spiro atoms. The third-order valence-corrected chi connectivity index (χ3v) is 4.08. The van der Waals surface area contributed by atoms with Crippen molar-refractivity contribution in [2.45, 2.75) is 11.8 Å². The van der Waals surface area contributed by atoms with Crippen molar-refractivity contribution in [1.82, 2.24) is 4.90 Å². The molecule has 0 saturated heterocycles. The number of nitrogens with one attached hydrogen (secondary N) is 1. The maximum Gasteiger partial charge on any atom is 0.286 e. The minimum absolute atomic E-state index is 0.0826. The van der Waals surface area contributed by atoms with Crippen molar-refractivity contribution in [3.63, 3.8) is 0 Å². The van der Waals surface area contributed by atoms with Gasteiger partial charge in [-0.2, -0.15) is 0 Å². The number of hydrogen-bond acceptors (Lipinski definition) is 3. The largest absolute Gasteiger partial charge is 0.339 e. The molecule has 2 rings (SSSR count). The normalized spacial score (nSPS) is 10.1. The number of rotatable bonds is 3. The topological polar surface area (TPSA) is 49.4 Å². The van der Waals surface area contributed by atoms with Gasteiger partial charge in [-0.1, -0.05) is 24.3 Å². The molecular formula is C17H18N2O2S. The van der Waals surface area contributed by atoms with Crippen LogP contribution in [-0.2, 0) is 0 Å².